The highest BCUT2D eigenvalue weighted by Crippen LogP contribution is 2.43. The Labute approximate surface area is 122 Å². The predicted octanol–water partition coefficient (Wildman–Crippen LogP) is 4.46. The fourth-order valence-corrected chi connectivity index (χ4v) is 3.12. The van der Waals surface area contributed by atoms with Crippen molar-refractivity contribution in [1.29, 1.82) is 0 Å². The summed E-state index contributed by atoms with van der Waals surface area (Å²) in [5.41, 5.74) is 3.64. The van der Waals surface area contributed by atoms with E-state index in [0.717, 1.165) is 22.3 Å². The van der Waals surface area contributed by atoms with Crippen LogP contribution in [0.2, 0.25) is 0 Å². The second kappa shape index (κ2) is 4.97. The van der Waals surface area contributed by atoms with Crippen LogP contribution in [-0.2, 0) is 0 Å². The lowest BCUT2D eigenvalue weighted by Gasteiger charge is -2.31. The van der Waals surface area contributed by atoms with Crippen LogP contribution in [0.5, 0.6) is 5.75 Å². The fraction of sp³-hybridized carbons (Fsp3) is 0.312. The SMILES string of the molecule is Cc1c(Br)ccc2c1C(c1ccccn1)CC(C)O2. The third-order valence-electron chi connectivity index (χ3n) is 3.70. The molecule has 1 aromatic heterocycles. The van der Waals surface area contributed by atoms with Crippen molar-refractivity contribution in [1.82, 2.24) is 4.98 Å². The number of pyridine rings is 1. The van der Waals surface area contributed by atoms with Crippen LogP contribution in [0.4, 0.5) is 0 Å². The first kappa shape index (κ1) is 12.7. The number of benzene rings is 1. The molecule has 19 heavy (non-hydrogen) atoms. The van der Waals surface area contributed by atoms with Gasteiger partial charge in [0.15, 0.2) is 0 Å². The number of fused-ring (bicyclic) bond motifs is 1. The molecule has 0 fully saturated rings. The number of halogens is 1. The Morgan fingerprint density at radius 1 is 1.26 bits per heavy atom. The number of hydrogen-bond donors (Lipinski definition) is 0. The summed E-state index contributed by atoms with van der Waals surface area (Å²) in [6.45, 7) is 4.26. The third-order valence-corrected chi connectivity index (χ3v) is 4.56. The Morgan fingerprint density at radius 3 is 2.84 bits per heavy atom. The van der Waals surface area contributed by atoms with Gasteiger partial charge in [-0.1, -0.05) is 22.0 Å². The minimum Gasteiger partial charge on any atom is -0.490 e. The van der Waals surface area contributed by atoms with E-state index in [9.17, 15) is 0 Å². The zero-order valence-electron chi connectivity index (χ0n) is 11.1. The molecule has 2 atom stereocenters. The minimum absolute atomic E-state index is 0.222. The number of aromatic nitrogens is 1. The summed E-state index contributed by atoms with van der Waals surface area (Å²) in [5, 5.41) is 0. The van der Waals surface area contributed by atoms with Gasteiger partial charge in [-0.05, 0) is 50.1 Å². The molecule has 2 aromatic rings. The summed E-state index contributed by atoms with van der Waals surface area (Å²) in [6, 6.07) is 10.2. The van der Waals surface area contributed by atoms with E-state index in [1.807, 2.05) is 12.3 Å². The molecule has 3 heteroatoms. The molecule has 0 saturated carbocycles. The van der Waals surface area contributed by atoms with Crippen LogP contribution in [0, 0.1) is 6.92 Å². The lowest BCUT2D eigenvalue weighted by atomic mass is 9.84. The maximum Gasteiger partial charge on any atom is 0.123 e. The van der Waals surface area contributed by atoms with E-state index in [2.05, 4.69) is 59.0 Å². The Balaban J connectivity index is 2.16. The maximum absolute atomic E-state index is 5.97. The van der Waals surface area contributed by atoms with Crippen LogP contribution in [0.3, 0.4) is 0 Å². The van der Waals surface area contributed by atoms with Crippen LogP contribution < -0.4 is 4.74 Å². The summed E-state index contributed by atoms with van der Waals surface area (Å²) in [5.74, 6) is 1.31. The summed E-state index contributed by atoms with van der Waals surface area (Å²) in [6.07, 6.45) is 3.06. The number of ether oxygens (including phenoxy) is 1. The molecule has 3 rings (SSSR count). The highest BCUT2D eigenvalue weighted by Gasteiger charge is 2.30. The summed E-state index contributed by atoms with van der Waals surface area (Å²) < 4.78 is 7.10. The quantitative estimate of drug-likeness (QED) is 0.775. The predicted molar refractivity (Wildman–Crippen MR) is 79.7 cm³/mol. The Kier molecular flexibility index (Phi) is 3.31. The van der Waals surface area contributed by atoms with Crippen molar-refractivity contribution in [3.63, 3.8) is 0 Å². The zero-order valence-corrected chi connectivity index (χ0v) is 12.6. The summed E-state index contributed by atoms with van der Waals surface area (Å²) in [7, 11) is 0. The molecule has 1 aromatic carbocycles. The van der Waals surface area contributed by atoms with Crippen LogP contribution in [0.1, 0.15) is 36.1 Å². The monoisotopic (exact) mass is 317 g/mol. The molecule has 0 aliphatic carbocycles. The van der Waals surface area contributed by atoms with E-state index >= 15 is 0 Å². The molecule has 1 aliphatic heterocycles. The van der Waals surface area contributed by atoms with Gasteiger partial charge in [-0.3, -0.25) is 4.98 Å². The molecule has 0 radical (unpaired) electrons. The molecule has 0 N–H and O–H groups in total. The first-order valence-electron chi connectivity index (χ1n) is 6.53. The molecule has 2 heterocycles. The van der Waals surface area contributed by atoms with Crippen LogP contribution >= 0.6 is 15.9 Å². The van der Waals surface area contributed by atoms with Crippen molar-refractivity contribution in [2.75, 3.05) is 0 Å². The fourth-order valence-electron chi connectivity index (χ4n) is 2.78. The summed E-state index contributed by atoms with van der Waals surface area (Å²) >= 11 is 3.61. The largest absolute Gasteiger partial charge is 0.490 e. The first-order valence-corrected chi connectivity index (χ1v) is 7.32. The molecule has 0 bridgehead atoms. The smallest absolute Gasteiger partial charge is 0.123 e. The van der Waals surface area contributed by atoms with Gasteiger partial charge in [-0.25, -0.2) is 0 Å². The van der Waals surface area contributed by atoms with E-state index in [0.29, 0.717) is 5.92 Å². The average Bonchev–Trinajstić information content (AvgIpc) is 2.43. The van der Waals surface area contributed by atoms with Gasteiger partial charge >= 0.3 is 0 Å². The number of rotatable bonds is 1. The minimum atomic E-state index is 0.222. The molecular formula is C16H16BrNO. The Bertz CT molecular complexity index is 597. The first-order chi connectivity index (χ1) is 9.16. The highest BCUT2D eigenvalue weighted by molar-refractivity contribution is 9.10. The van der Waals surface area contributed by atoms with E-state index in [-0.39, 0.29) is 6.10 Å². The van der Waals surface area contributed by atoms with Crippen molar-refractivity contribution in [2.45, 2.75) is 32.3 Å². The molecule has 0 spiro atoms. The van der Waals surface area contributed by atoms with Crippen molar-refractivity contribution in [3.05, 3.63) is 57.8 Å². The van der Waals surface area contributed by atoms with Gasteiger partial charge in [0.25, 0.3) is 0 Å². The van der Waals surface area contributed by atoms with E-state index in [1.54, 1.807) is 0 Å². The van der Waals surface area contributed by atoms with Crippen LogP contribution in [-0.4, -0.2) is 11.1 Å². The standard InChI is InChI=1S/C16H16BrNO/c1-10-9-12(14-5-3-4-8-18-14)16-11(2)13(17)6-7-15(16)19-10/h3-8,10,12H,9H2,1-2H3. The average molecular weight is 318 g/mol. The second-order valence-corrected chi connectivity index (χ2v) is 5.91. The highest BCUT2D eigenvalue weighted by atomic mass is 79.9. The van der Waals surface area contributed by atoms with Gasteiger partial charge in [0.2, 0.25) is 0 Å². The topological polar surface area (TPSA) is 22.1 Å². The summed E-state index contributed by atoms with van der Waals surface area (Å²) in [4.78, 5) is 4.54. The third kappa shape index (κ3) is 2.27. The van der Waals surface area contributed by atoms with Crippen molar-refractivity contribution in [3.8, 4) is 5.75 Å². The van der Waals surface area contributed by atoms with E-state index < -0.39 is 0 Å². The van der Waals surface area contributed by atoms with Gasteiger partial charge < -0.3 is 4.74 Å². The lowest BCUT2D eigenvalue weighted by Crippen LogP contribution is -2.24. The van der Waals surface area contributed by atoms with Gasteiger partial charge in [-0.2, -0.15) is 0 Å². The maximum atomic E-state index is 5.97. The Morgan fingerprint density at radius 2 is 2.11 bits per heavy atom. The molecule has 2 nitrogen and oxygen atoms in total. The van der Waals surface area contributed by atoms with Crippen molar-refractivity contribution < 1.29 is 4.74 Å². The van der Waals surface area contributed by atoms with Gasteiger partial charge in [0.1, 0.15) is 5.75 Å². The van der Waals surface area contributed by atoms with E-state index in [1.165, 1.54) is 11.1 Å². The normalized spacial score (nSPS) is 21.6. The number of nitrogens with zero attached hydrogens (tertiary/aromatic N) is 1. The molecule has 98 valence electrons. The van der Waals surface area contributed by atoms with Crippen LogP contribution in [0.15, 0.2) is 41.0 Å². The van der Waals surface area contributed by atoms with Gasteiger partial charge in [0, 0.05) is 27.8 Å². The Hall–Kier alpha value is -1.35. The van der Waals surface area contributed by atoms with Gasteiger partial charge in [0.05, 0.1) is 6.10 Å². The molecule has 1 aliphatic rings. The van der Waals surface area contributed by atoms with E-state index in [4.69, 9.17) is 4.74 Å². The van der Waals surface area contributed by atoms with Crippen LogP contribution in [0.25, 0.3) is 0 Å². The zero-order chi connectivity index (χ0) is 13.4. The second-order valence-electron chi connectivity index (χ2n) is 5.06. The number of hydrogen-bond acceptors (Lipinski definition) is 2. The molecule has 0 amide bonds. The van der Waals surface area contributed by atoms with Crippen molar-refractivity contribution >= 4 is 15.9 Å². The molecule has 0 saturated heterocycles. The molecular weight excluding hydrogens is 302 g/mol. The van der Waals surface area contributed by atoms with Crippen molar-refractivity contribution in [2.24, 2.45) is 0 Å². The lowest BCUT2D eigenvalue weighted by molar-refractivity contribution is 0.182. The van der Waals surface area contributed by atoms with Gasteiger partial charge in [-0.15, -0.1) is 0 Å². The molecule has 2 unspecified atom stereocenters.